The summed E-state index contributed by atoms with van der Waals surface area (Å²) >= 11 is 0. The van der Waals surface area contributed by atoms with Gasteiger partial charge in [0.15, 0.2) is 0 Å². The fourth-order valence-corrected chi connectivity index (χ4v) is 6.48. The molecule has 0 amide bonds. The summed E-state index contributed by atoms with van der Waals surface area (Å²) in [6.45, 7) is -1.07. The van der Waals surface area contributed by atoms with Crippen LogP contribution in [0.2, 0.25) is 0 Å². The van der Waals surface area contributed by atoms with E-state index < -0.39 is 44.8 Å². The molecule has 3 rings (SSSR count). The van der Waals surface area contributed by atoms with Gasteiger partial charge in [-0.3, -0.25) is 4.52 Å². The molecule has 11 nitrogen and oxygen atoms in total. The molecule has 212 valence electrons. The molecule has 36 heavy (non-hydrogen) atoms. The minimum absolute atomic E-state index is 1.04. The smallest absolute Gasteiger partial charge is 0.469 e. The number of hydrogen-bond donors (Lipinski definition) is 7. The summed E-state index contributed by atoms with van der Waals surface area (Å²) in [6, 6.07) is 3.12. The van der Waals surface area contributed by atoms with Crippen LogP contribution in [0.5, 0.6) is 0 Å². The average molecular weight is 540 g/mol. The summed E-state index contributed by atoms with van der Waals surface area (Å²) in [6.07, 6.45) is 14.0. The van der Waals surface area contributed by atoms with E-state index in [1.165, 1.54) is 57.8 Å². The Labute approximate surface area is 213 Å². The lowest BCUT2D eigenvalue weighted by Crippen LogP contribution is -3.22. The van der Waals surface area contributed by atoms with Crippen LogP contribution in [0.4, 0.5) is 0 Å². The molecule has 3 aliphatic rings. The van der Waals surface area contributed by atoms with E-state index in [2.05, 4.69) is 9.42 Å². The molecule has 12 heteroatoms. The van der Waals surface area contributed by atoms with Gasteiger partial charge >= 0.3 is 7.82 Å². The van der Waals surface area contributed by atoms with Crippen LogP contribution in [-0.4, -0.2) is 85.3 Å². The second kappa shape index (κ2) is 15.7. The number of aliphatic carboxylic acids is 1. The van der Waals surface area contributed by atoms with E-state index in [1.807, 2.05) is 0 Å². The van der Waals surface area contributed by atoms with Crippen LogP contribution in [0.1, 0.15) is 96.3 Å². The predicted molar refractivity (Wildman–Crippen MR) is 129 cm³/mol. The van der Waals surface area contributed by atoms with Crippen molar-refractivity contribution in [2.24, 2.45) is 0 Å². The van der Waals surface area contributed by atoms with E-state index in [4.69, 9.17) is 30.2 Å². The van der Waals surface area contributed by atoms with Gasteiger partial charge in [-0.05, 0) is 77.0 Å². The molecule has 0 heterocycles. The number of quaternary nitrogens is 1. The number of carboxylic acids is 1. The summed E-state index contributed by atoms with van der Waals surface area (Å²) in [5, 5.41) is 46.1. The lowest BCUT2D eigenvalue weighted by atomic mass is 9.84. The molecule has 0 aromatic rings. The number of phosphoric ester groups is 1. The third-order valence-corrected chi connectivity index (χ3v) is 8.44. The van der Waals surface area contributed by atoms with Gasteiger partial charge in [0.1, 0.15) is 24.4 Å². The Kier molecular flexibility index (Phi) is 13.8. The molecular weight excluding hydrogens is 493 g/mol. The van der Waals surface area contributed by atoms with Gasteiger partial charge in [-0.1, -0.05) is 19.3 Å². The van der Waals surface area contributed by atoms with E-state index in [1.54, 1.807) is 38.5 Å². The van der Waals surface area contributed by atoms with Gasteiger partial charge in [0.25, 0.3) is 0 Å². The number of carbonyl (C=O) groups is 1. The van der Waals surface area contributed by atoms with Gasteiger partial charge in [0.2, 0.25) is 0 Å². The number of aliphatic hydroxyl groups excluding tert-OH is 4. The summed E-state index contributed by atoms with van der Waals surface area (Å²) in [7, 11) is -4.88. The van der Waals surface area contributed by atoms with E-state index in [0.717, 1.165) is 18.1 Å². The maximum absolute atomic E-state index is 10.2. The molecule has 0 bridgehead atoms. The highest BCUT2D eigenvalue weighted by Crippen LogP contribution is 2.35. The molecule has 0 spiro atoms. The number of phosphoric acid groups is 1. The first-order chi connectivity index (χ1) is 17.0. The molecular formula is C24H46NO10P. The highest BCUT2D eigenvalue weighted by molar-refractivity contribution is 7.46. The Hall–Kier alpha value is -0.620. The molecule has 3 saturated carbocycles. The number of hydrogen-bond acceptors (Lipinski definition) is 8. The monoisotopic (exact) mass is 539 g/mol. The average Bonchev–Trinajstić information content (AvgIpc) is 2.88. The van der Waals surface area contributed by atoms with Gasteiger partial charge in [-0.2, -0.15) is 0 Å². The predicted octanol–water partition coefficient (Wildman–Crippen LogP) is -0.841. The molecule has 0 radical (unpaired) electrons. The Morgan fingerprint density at radius 3 is 1.42 bits per heavy atom. The molecule has 0 saturated heterocycles. The first-order valence-corrected chi connectivity index (χ1v) is 15.0. The second-order valence-electron chi connectivity index (χ2n) is 10.6. The van der Waals surface area contributed by atoms with Crippen LogP contribution in [0, 0.1) is 0 Å². The number of aliphatic hydroxyl groups is 4. The van der Waals surface area contributed by atoms with Crippen molar-refractivity contribution in [3.8, 4) is 0 Å². The van der Waals surface area contributed by atoms with Gasteiger partial charge in [-0.25, -0.2) is 4.57 Å². The molecule has 0 aliphatic heterocycles. The summed E-state index contributed by atoms with van der Waals surface area (Å²) in [5.74, 6) is -2.08. The van der Waals surface area contributed by atoms with Crippen molar-refractivity contribution in [1.82, 2.24) is 0 Å². The maximum atomic E-state index is 10.2. The number of carbonyl (C=O) groups excluding carboxylic acids is 1. The van der Waals surface area contributed by atoms with Crippen LogP contribution >= 0.6 is 7.82 Å². The minimum atomic E-state index is -4.88. The van der Waals surface area contributed by atoms with Gasteiger partial charge in [0.05, 0.1) is 30.7 Å². The normalized spacial score (nSPS) is 24.4. The zero-order valence-electron chi connectivity index (χ0n) is 21.1. The van der Waals surface area contributed by atoms with Crippen molar-refractivity contribution < 1.29 is 54.1 Å². The van der Waals surface area contributed by atoms with Crippen LogP contribution in [0.3, 0.4) is 0 Å². The van der Waals surface area contributed by atoms with Crippen LogP contribution in [0.15, 0.2) is 0 Å². The third kappa shape index (κ3) is 10.6. The topological polar surface area (TPSA) is 192 Å². The van der Waals surface area contributed by atoms with Crippen molar-refractivity contribution in [3.05, 3.63) is 0 Å². The number of carboxylic acid groups (broad SMARTS) is 1. The fraction of sp³-hybridized carbons (Fsp3) is 0.958. The summed E-state index contributed by atoms with van der Waals surface area (Å²) < 4.78 is 14.0. The Morgan fingerprint density at radius 2 is 1.11 bits per heavy atom. The van der Waals surface area contributed by atoms with Gasteiger partial charge < -0.3 is 45.0 Å². The highest BCUT2D eigenvalue weighted by Gasteiger charge is 2.38. The van der Waals surface area contributed by atoms with E-state index in [-0.39, 0.29) is 0 Å². The molecule has 4 atom stereocenters. The summed E-state index contributed by atoms with van der Waals surface area (Å²) in [4.78, 5) is 28.8. The quantitative estimate of drug-likeness (QED) is 0.172. The number of nitrogens with one attached hydrogen (secondary N) is 1. The van der Waals surface area contributed by atoms with Crippen LogP contribution < -0.4 is 10.0 Å². The zero-order chi connectivity index (χ0) is 26.7. The molecule has 7 N–H and O–H groups in total. The van der Waals surface area contributed by atoms with Crippen molar-refractivity contribution >= 4 is 13.8 Å². The molecule has 3 aliphatic carbocycles. The summed E-state index contributed by atoms with van der Waals surface area (Å²) in [5.41, 5.74) is 0. The van der Waals surface area contributed by atoms with E-state index in [9.17, 15) is 14.5 Å². The van der Waals surface area contributed by atoms with Crippen molar-refractivity contribution in [2.45, 2.75) is 139 Å². The molecule has 0 unspecified atom stereocenters. The lowest BCUT2D eigenvalue weighted by Gasteiger charge is -2.44. The first kappa shape index (κ1) is 31.6. The van der Waals surface area contributed by atoms with Crippen LogP contribution in [-0.2, 0) is 13.9 Å². The Bertz CT molecular complexity index is 631. The SMILES string of the molecule is C1CCC([NH+](C2CCCCC2)C2CCCCC2)CC1.O=C([O-])[C@H](O)[C@@H](O)[C@H](O)[C@H](O)COP(=O)(O)O. The first-order valence-electron chi connectivity index (χ1n) is 13.5. The van der Waals surface area contributed by atoms with Crippen molar-refractivity contribution in [1.29, 1.82) is 0 Å². The third-order valence-electron chi connectivity index (χ3n) is 7.95. The standard InChI is InChI=1S/C18H33N.C6H13O10P/c1-4-10-16(11-5-1)19(17-12-6-2-7-13-17)18-14-8-3-9-15-18;7-2(1-16-17(13,14)15)3(8)4(9)5(10)6(11)12/h16-18H,1-15H2;2-5,7-10H,1H2,(H,11,12)(H2,13,14,15)/t;2-,3-,4+,5-/m.1/s1. The minimum Gasteiger partial charge on any atom is -0.547 e. The lowest BCUT2D eigenvalue weighted by molar-refractivity contribution is -0.976. The zero-order valence-corrected chi connectivity index (χ0v) is 22.0. The van der Waals surface area contributed by atoms with E-state index in [0.29, 0.717) is 0 Å². The van der Waals surface area contributed by atoms with Gasteiger partial charge in [-0.15, -0.1) is 0 Å². The Morgan fingerprint density at radius 1 is 0.750 bits per heavy atom. The molecule has 0 aromatic heterocycles. The fourth-order valence-electron chi connectivity index (χ4n) is 6.13. The maximum Gasteiger partial charge on any atom is 0.469 e. The van der Waals surface area contributed by atoms with E-state index >= 15 is 0 Å². The second-order valence-corrected chi connectivity index (χ2v) is 11.8. The van der Waals surface area contributed by atoms with Crippen molar-refractivity contribution in [2.75, 3.05) is 6.61 Å². The van der Waals surface area contributed by atoms with Crippen LogP contribution in [0.25, 0.3) is 0 Å². The van der Waals surface area contributed by atoms with Crippen molar-refractivity contribution in [3.63, 3.8) is 0 Å². The molecule has 3 fully saturated rings. The highest BCUT2D eigenvalue weighted by atomic mass is 31.2. The molecule has 0 aromatic carbocycles. The van der Waals surface area contributed by atoms with Gasteiger partial charge in [0, 0.05) is 0 Å². The largest absolute Gasteiger partial charge is 0.547 e. The Balaban J connectivity index is 0.000000256. The number of rotatable bonds is 10.